The summed E-state index contributed by atoms with van der Waals surface area (Å²) in [5, 5.41) is 0. The zero-order valence-corrected chi connectivity index (χ0v) is 10.3. The zero-order valence-electron chi connectivity index (χ0n) is 8.67. The van der Waals surface area contributed by atoms with Crippen LogP contribution in [0, 0.1) is 0 Å². The van der Waals surface area contributed by atoms with Crippen LogP contribution in [0.25, 0.3) is 0 Å². The summed E-state index contributed by atoms with van der Waals surface area (Å²) in [5.41, 5.74) is 6.24. The molecule has 1 atom stereocenters. The van der Waals surface area contributed by atoms with Crippen molar-refractivity contribution in [2.75, 3.05) is 13.7 Å². The lowest BCUT2D eigenvalue weighted by Crippen LogP contribution is -2.11. The third kappa shape index (κ3) is 3.80. The van der Waals surface area contributed by atoms with E-state index in [1.165, 1.54) is 0 Å². The van der Waals surface area contributed by atoms with Gasteiger partial charge in [0.1, 0.15) is 11.9 Å². The lowest BCUT2D eigenvalue weighted by Gasteiger charge is -2.09. The quantitative estimate of drug-likeness (QED) is 0.897. The van der Waals surface area contributed by atoms with Crippen molar-refractivity contribution in [2.24, 2.45) is 5.73 Å². The van der Waals surface area contributed by atoms with E-state index in [0.29, 0.717) is 19.4 Å². The second kappa shape index (κ2) is 6.08. The molecule has 1 unspecified atom stereocenters. The fourth-order valence-electron chi connectivity index (χ4n) is 1.38. The van der Waals surface area contributed by atoms with Crippen LogP contribution in [0.4, 0.5) is 4.39 Å². The highest BCUT2D eigenvalue weighted by molar-refractivity contribution is 9.10. The van der Waals surface area contributed by atoms with Gasteiger partial charge in [-0.3, -0.25) is 0 Å². The third-order valence-corrected chi connectivity index (χ3v) is 2.77. The van der Waals surface area contributed by atoms with Crippen LogP contribution in [-0.4, -0.2) is 19.8 Å². The molecule has 1 aromatic carbocycles. The molecular formula is C11H15BrFNO. The zero-order chi connectivity index (χ0) is 11.3. The Bertz CT molecular complexity index is 319. The second-order valence-corrected chi connectivity index (χ2v) is 4.20. The Hall–Kier alpha value is -0.610. The van der Waals surface area contributed by atoms with Gasteiger partial charge in [0.05, 0.1) is 11.6 Å². The van der Waals surface area contributed by atoms with Crippen molar-refractivity contribution < 1.29 is 9.13 Å². The van der Waals surface area contributed by atoms with Crippen LogP contribution < -0.4 is 10.5 Å². The number of hydrogen-bond donors (Lipinski definition) is 1. The molecule has 2 N–H and O–H groups in total. The van der Waals surface area contributed by atoms with Crippen molar-refractivity contribution in [2.45, 2.75) is 19.0 Å². The van der Waals surface area contributed by atoms with Crippen molar-refractivity contribution >= 4 is 15.9 Å². The number of alkyl halides is 1. The molecule has 0 aliphatic rings. The first-order valence-corrected chi connectivity index (χ1v) is 5.63. The highest BCUT2D eigenvalue weighted by Gasteiger charge is 2.08. The van der Waals surface area contributed by atoms with Crippen LogP contribution in [0.3, 0.4) is 0 Å². The van der Waals surface area contributed by atoms with E-state index in [9.17, 15) is 4.39 Å². The topological polar surface area (TPSA) is 35.2 Å². The van der Waals surface area contributed by atoms with Gasteiger partial charge in [-0.15, -0.1) is 0 Å². The van der Waals surface area contributed by atoms with Gasteiger partial charge in [0.15, 0.2) is 0 Å². The number of nitrogens with two attached hydrogens (primary N) is 1. The van der Waals surface area contributed by atoms with E-state index in [2.05, 4.69) is 15.9 Å². The molecule has 1 aromatic rings. The molecule has 0 amide bonds. The molecular weight excluding hydrogens is 261 g/mol. The molecule has 0 bridgehead atoms. The number of hydrogen-bond acceptors (Lipinski definition) is 2. The Morgan fingerprint density at radius 1 is 1.53 bits per heavy atom. The molecule has 0 aliphatic heterocycles. The first-order valence-electron chi connectivity index (χ1n) is 4.84. The van der Waals surface area contributed by atoms with E-state index < -0.39 is 6.17 Å². The predicted molar refractivity (Wildman–Crippen MR) is 63.0 cm³/mol. The van der Waals surface area contributed by atoms with E-state index >= 15 is 0 Å². The summed E-state index contributed by atoms with van der Waals surface area (Å²) in [4.78, 5) is 0. The molecule has 0 radical (unpaired) electrons. The predicted octanol–water partition coefficient (Wildman–Crippen LogP) is 2.69. The maximum Gasteiger partial charge on any atom is 0.133 e. The van der Waals surface area contributed by atoms with Crippen LogP contribution in [0.5, 0.6) is 5.75 Å². The van der Waals surface area contributed by atoms with E-state index in [1.54, 1.807) is 7.11 Å². The summed E-state index contributed by atoms with van der Waals surface area (Å²) in [5.74, 6) is 0.757. The highest BCUT2D eigenvalue weighted by atomic mass is 79.9. The molecule has 0 spiro atoms. The fraction of sp³-hybridized carbons (Fsp3) is 0.455. The van der Waals surface area contributed by atoms with Crippen LogP contribution in [0.15, 0.2) is 22.7 Å². The molecule has 0 fully saturated rings. The standard InChI is InChI=1S/C11H15BrFNO/c1-15-11-3-2-8(7-10(11)12)6-9(13)4-5-14/h2-3,7,9H,4-6,14H2,1H3. The summed E-state index contributed by atoms with van der Waals surface area (Å²) in [6, 6.07) is 5.57. The number of benzene rings is 1. The average molecular weight is 276 g/mol. The smallest absolute Gasteiger partial charge is 0.133 e. The van der Waals surface area contributed by atoms with Gasteiger partial charge in [0.25, 0.3) is 0 Å². The van der Waals surface area contributed by atoms with E-state index in [0.717, 1.165) is 15.8 Å². The van der Waals surface area contributed by atoms with E-state index in [-0.39, 0.29) is 0 Å². The molecule has 2 nitrogen and oxygen atoms in total. The summed E-state index contributed by atoms with van der Waals surface area (Å²) in [7, 11) is 1.60. The van der Waals surface area contributed by atoms with E-state index in [1.807, 2.05) is 18.2 Å². The number of rotatable bonds is 5. The molecule has 0 aliphatic carbocycles. The Morgan fingerprint density at radius 2 is 2.27 bits per heavy atom. The molecule has 0 heterocycles. The van der Waals surface area contributed by atoms with Gasteiger partial charge >= 0.3 is 0 Å². The SMILES string of the molecule is COc1ccc(CC(F)CCN)cc1Br. The summed E-state index contributed by atoms with van der Waals surface area (Å²) < 4.78 is 19.2. The second-order valence-electron chi connectivity index (χ2n) is 3.35. The van der Waals surface area contributed by atoms with Gasteiger partial charge in [-0.25, -0.2) is 4.39 Å². The van der Waals surface area contributed by atoms with Crippen LogP contribution in [0.2, 0.25) is 0 Å². The van der Waals surface area contributed by atoms with Crippen molar-refractivity contribution in [1.29, 1.82) is 0 Å². The highest BCUT2D eigenvalue weighted by Crippen LogP contribution is 2.26. The Balaban J connectivity index is 2.66. The largest absolute Gasteiger partial charge is 0.496 e. The molecule has 0 saturated carbocycles. The summed E-state index contributed by atoms with van der Waals surface area (Å²) in [6.07, 6.45) is -0.0565. The first kappa shape index (κ1) is 12.5. The lowest BCUT2D eigenvalue weighted by molar-refractivity contribution is 0.316. The van der Waals surface area contributed by atoms with Gasteiger partial charge < -0.3 is 10.5 Å². The Morgan fingerprint density at radius 3 is 2.80 bits per heavy atom. The summed E-state index contributed by atoms with van der Waals surface area (Å²) >= 11 is 3.36. The van der Waals surface area contributed by atoms with Gasteiger partial charge in [-0.1, -0.05) is 6.07 Å². The normalized spacial score (nSPS) is 12.5. The Kier molecular flexibility index (Phi) is 5.05. The van der Waals surface area contributed by atoms with Crippen molar-refractivity contribution in [3.05, 3.63) is 28.2 Å². The average Bonchev–Trinajstić information content (AvgIpc) is 2.18. The number of methoxy groups -OCH3 is 1. The first-order chi connectivity index (χ1) is 7.17. The van der Waals surface area contributed by atoms with Gasteiger partial charge in [-0.05, 0) is 46.6 Å². The molecule has 0 saturated heterocycles. The van der Waals surface area contributed by atoms with E-state index in [4.69, 9.17) is 10.5 Å². The minimum absolute atomic E-state index is 0.387. The van der Waals surface area contributed by atoms with Crippen LogP contribution in [-0.2, 0) is 6.42 Å². The molecule has 84 valence electrons. The fourth-order valence-corrected chi connectivity index (χ4v) is 1.96. The number of halogens is 2. The van der Waals surface area contributed by atoms with Gasteiger partial charge in [0, 0.05) is 6.42 Å². The van der Waals surface area contributed by atoms with Gasteiger partial charge in [-0.2, -0.15) is 0 Å². The minimum atomic E-state index is -0.865. The maximum atomic E-state index is 13.3. The summed E-state index contributed by atoms with van der Waals surface area (Å²) in [6.45, 7) is 0.387. The lowest BCUT2D eigenvalue weighted by atomic mass is 10.1. The monoisotopic (exact) mass is 275 g/mol. The van der Waals surface area contributed by atoms with Crippen LogP contribution >= 0.6 is 15.9 Å². The molecule has 4 heteroatoms. The molecule has 0 aromatic heterocycles. The molecule has 1 rings (SSSR count). The minimum Gasteiger partial charge on any atom is -0.496 e. The molecule has 15 heavy (non-hydrogen) atoms. The number of ether oxygens (including phenoxy) is 1. The maximum absolute atomic E-state index is 13.3. The van der Waals surface area contributed by atoms with Crippen LogP contribution in [0.1, 0.15) is 12.0 Å². The third-order valence-electron chi connectivity index (χ3n) is 2.15. The van der Waals surface area contributed by atoms with Crippen molar-refractivity contribution in [3.8, 4) is 5.75 Å². The van der Waals surface area contributed by atoms with Gasteiger partial charge in [0.2, 0.25) is 0 Å². The van der Waals surface area contributed by atoms with Crippen molar-refractivity contribution in [1.82, 2.24) is 0 Å². The Labute approximate surface area is 97.7 Å². The van der Waals surface area contributed by atoms with Crippen molar-refractivity contribution in [3.63, 3.8) is 0 Å².